The van der Waals surface area contributed by atoms with E-state index in [0.717, 1.165) is 0 Å². The average molecular weight is 316 g/mol. The van der Waals surface area contributed by atoms with Crippen LogP contribution in [-0.2, 0) is 0 Å². The summed E-state index contributed by atoms with van der Waals surface area (Å²) in [5.41, 5.74) is 7.44. The zero-order valence-electron chi connectivity index (χ0n) is 14.8. The van der Waals surface area contributed by atoms with E-state index in [0.29, 0.717) is 0 Å². The number of anilines is 2. The third-order valence-electron chi connectivity index (χ3n) is 4.32. The molecule has 0 aliphatic rings. The standard InChI is InChI=1S/C22H24N2/c1-23(2)19-13-9-17(10-14-19)21-7-5-6-8-22(21)18-11-15-20(16-12-18)24(3)4/h5-16H,1-4H3. The predicted molar refractivity (Wildman–Crippen MR) is 106 cm³/mol. The van der Waals surface area contributed by atoms with E-state index in [9.17, 15) is 0 Å². The summed E-state index contributed by atoms with van der Waals surface area (Å²) in [7, 11) is 8.26. The Balaban J connectivity index is 2.01. The van der Waals surface area contributed by atoms with Crippen molar-refractivity contribution >= 4 is 11.4 Å². The van der Waals surface area contributed by atoms with Gasteiger partial charge in [-0.25, -0.2) is 0 Å². The molecule has 0 aliphatic heterocycles. The Morgan fingerprint density at radius 2 is 0.792 bits per heavy atom. The van der Waals surface area contributed by atoms with E-state index in [1.807, 2.05) is 0 Å². The highest BCUT2D eigenvalue weighted by atomic mass is 15.1. The van der Waals surface area contributed by atoms with Crippen LogP contribution in [0.5, 0.6) is 0 Å². The third-order valence-corrected chi connectivity index (χ3v) is 4.32. The van der Waals surface area contributed by atoms with E-state index >= 15 is 0 Å². The van der Waals surface area contributed by atoms with Crippen molar-refractivity contribution in [2.75, 3.05) is 38.0 Å². The Bertz CT molecular complexity index is 730. The molecule has 0 N–H and O–H groups in total. The van der Waals surface area contributed by atoms with Gasteiger partial charge in [-0.3, -0.25) is 0 Å². The van der Waals surface area contributed by atoms with Gasteiger partial charge in [0.2, 0.25) is 0 Å². The zero-order chi connectivity index (χ0) is 17.1. The second kappa shape index (κ2) is 6.79. The van der Waals surface area contributed by atoms with Gasteiger partial charge in [0, 0.05) is 39.6 Å². The van der Waals surface area contributed by atoms with Gasteiger partial charge >= 0.3 is 0 Å². The Hall–Kier alpha value is -2.74. The molecule has 0 bridgehead atoms. The van der Waals surface area contributed by atoms with Crippen LogP contribution in [0, 0.1) is 0 Å². The van der Waals surface area contributed by atoms with Crippen LogP contribution in [-0.4, -0.2) is 28.2 Å². The fraction of sp³-hybridized carbons (Fsp3) is 0.182. The van der Waals surface area contributed by atoms with Crippen LogP contribution >= 0.6 is 0 Å². The highest BCUT2D eigenvalue weighted by molar-refractivity contribution is 5.84. The fourth-order valence-electron chi connectivity index (χ4n) is 2.86. The number of hydrogen-bond donors (Lipinski definition) is 0. The van der Waals surface area contributed by atoms with Gasteiger partial charge in [-0.2, -0.15) is 0 Å². The average Bonchev–Trinajstić information content (AvgIpc) is 2.62. The molecule has 0 atom stereocenters. The minimum absolute atomic E-state index is 1.21. The lowest BCUT2D eigenvalue weighted by atomic mass is 9.94. The van der Waals surface area contributed by atoms with Crippen LogP contribution in [0.3, 0.4) is 0 Å². The van der Waals surface area contributed by atoms with Crippen molar-refractivity contribution in [3.63, 3.8) is 0 Å². The lowest BCUT2D eigenvalue weighted by Gasteiger charge is -2.16. The van der Waals surface area contributed by atoms with Crippen LogP contribution in [0.4, 0.5) is 11.4 Å². The molecule has 24 heavy (non-hydrogen) atoms. The van der Waals surface area contributed by atoms with Gasteiger partial charge in [0.05, 0.1) is 0 Å². The van der Waals surface area contributed by atoms with E-state index < -0.39 is 0 Å². The van der Waals surface area contributed by atoms with Crippen molar-refractivity contribution in [2.24, 2.45) is 0 Å². The van der Waals surface area contributed by atoms with Crippen LogP contribution in [0.15, 0.2) is 72.8 Å². The molecule has 0 aromatic heterocycles. The SMILES string of the molecule is CN(C)c1ccc(-c2ccccc2-c2ccc(N(C)C)cc2)cc1. The maximum Gasteiger partial charge on any atom is 0.0361 e. The molecule has 0 heterocycles. The quantitative estimate of drug-likeness (QED) is 0.656. The van der Waals surface area contributed by atoms with Crippen LogP contribution in [0.25, 0.3) is 22.3 Å². The van der Waals surface area contributed by atoms with Crippen molar-refractivity contribution < 1.29 is 0 Å². The Labute approximate surface area is 145 Å². The van der Waals surface area contributed by atoms with Gasteiger partial charge in [-0.15, -0.1) is 0 Å². The molecule has 2 heteroatoms. The molecule has 0 amide bonds. The maximum atomic E-state index is 2.20. The van der Waals surface area contributed by atoms with Gasteiger partial charge < -0.3 is 9.80 Å². The summed E-state index contributed by atoms with van der Waals surface area (Å²) in [6.45, 7) is 0. The molecule has 0 aliphatic carbocycles. The topological polar surface area (TPSA) is 6.48 Å². The van der Waals surface area contributed by atoms with Gasteiger partial charge in [0.25, 0.3) is 0 Å². The van der Waals surface area contributed by atoms with Crippen LogP contribution in [0.1, 0.15) is 0 Å². The molecule has 3 rings (SSSR count). The van der Waals surface area contributed by atoms with Crippen molar-refractivity contribution in [3.05, 3.63) is 72.8 Å². The second-order valence-electron chi connectivity index (χ2n) is 6.43. The summed E-state index contributed by atoms with van der Waals surface area (Å²) in [4.78, 5) is 4.24. The minimum atomic E-state index is 1.21. The summed E-state index contributed by atoms with van der Waals surface area (Å²) < 4.78 is 0. The maximum absolute atomic E-state index is 2.20. The summed E-state index contributed by atoms with van der Waals surface area (Å²) >= 11 is 0. The molecule has 3 aromatic rings. The molecule has 122 valence electrons. The summed E-state index contributed by atoms with van der Waals surface area (Å²) in [6.07, 6.45) is 0. The first-order valence-corrected chi connectivity index (χ1v) is 8.21. The summed E-state index contributed by atoms with van der Waals surface area (Å²) in [5, 5.41) is 0. The van der Waals surface area contributed by atoms with Crippen LogP contribution in [0.2, 0.25) is 0 Å². The third kappa shape index (κ3) is 3.28. The largest absolute Gasteiger partial charge is 0.378 e. The molecular formula is C22H24N2. The van der Waals surface area contributed by atoms with E-state index in [1.165, 1.54) is 33.6 Å². The van der Waals surface area contributed by atoms with E-state index in [1.54, 1.807) is 0 Å². The number of rotatable bonds is 4. The minimum Gasteiger partial charge on any atom is -0.378 e. The highest BCUT2D eigenvalue weighted by Gasteiger charge is 2.07. The van der Waals surface area contributed by atoms with Crippen molar-refractivity contribution in [2.45, 2.75) is 0 Å². The number of nitrogens with zero attached hydrogens (tertiary/aromatic N) is 2. The van der Waals surface area contributed by atoms with E-state index in [4.69, 9.17) is 0 Å². The summed E-state index contributed by atoms with van der Waals surface area (Å²) in [5.74, 6) is 0. The Kier molecular flexibility index (Phi) is 4.57. The smallest absolute Gasteiger partial charge is 0.0361 e. The molecule has 0 radical (unpaired) electrons. The van der Waals surface area contributed by atoms with Crippen LogP contribution < -0.4 is 9.80 Å². The molecule has 0 unspecified atom stereocenters. The Morgan fingerprint density at radius 1 is 0.458 bits per heavy atom. The second-order valence-corrected chi connectivity index (χ2v) is 6.43. The van der Waals surface area contributed by atoms with Gasteiger partial charge in [0.1, 0.15) is 0 Å². The molecule has 0 saturated carbocycles. The Morgan fingerprint density at radius 3 is 1.08 bits per heavy atom. The molecule has 2 nitrogen and oxygen atoms in total. The van der Waals surface area contributed by atoms with E-state index in [2.05, 4.69) is 111 Å². The first-order valence-electron chi connectivity index (χ1n) is 8.21. The molecule has 0 spiro atoms. The first kappa shape index (κ1) is 16.1. The number of benzene rings is 3. The van der Waals surface area contributed by atoms with Gasteiger partial charge in [-0.1, -0.05) is 48.5 Å². The fourth-order valence-corrected chi connectivity index (χ4v) is 2.86. The molecule has 3 aromatic carbocycles. The normalized spacial score (nSPS) is 10.5. The molecule has 0 saturated heterocycles. The monoisotopic (exact) mass is 316 g/mol. The molecular weight excluding hydrogens is 292 g/mol. The van der Waals surface area contributed by atoms with Crippen molar-refractivity contribution in [1.29, 1.82) is 0 Å². The molecule has 0 fully saturated rings. The first-order chi connectivity index (χ1) is 11.6. The summed E-state index contributed by atoms with van der Waals surface area (Å²) in [6, 6.07) is 26.1. The van der Waals surface area contributed by atoms with Gasteiger partial charge in [-0.05, 0) is 46.5 Å². The van der Waals surface area contributed by atoms with Gasteiger partial charge in [0.15, 0.2) is 0 Å². The lowest BCUT2D eigenvalue weighted by molar-refractivity contribution is 1.13. The lowest BCUT2D eigenvalue weighted by Crippen LogP contribution is -2.08. The number of hydrogen-bond acceptors (Lipinski definition) is 2. The van der Waals surface area contributed by atoms with Crippen molar-refractivity contribution in [3.8, 4) is 22.3 Å². The predicted octanol–water partition coefficient (Wildman–Crippen LogP) is 5.15. The van der Waals surface area contributed by atoms with Crippen molar-refractivity contribution in [1.82, 2.24) is 0 Å². The van der Waals surface area contributed by atoms with E-state index in [-0.39, 0.29) is 0 Å². The zero-order valence-corrected chi connectivity index (χ0v) is 14.8. The highest BCUT2D eigenvalue weighted by Crippen LogP contribution is 2.33.